The molecule has 12 heavy (non-hydrogen) atoms. The third-order valence-electron chi connectivity index (χ3n) is 1.10. The summed E-state index contributed by atoms with van der Waals surface area (Å²) in [6, 6.07) is 0. The number of carbonyl (C=O) groups is 2. The van der Waals surface area contributed by atoms with Crippen LogP contribution in [0.2, 0.25) is 0 Å². The smallest absolute Gasteiger partial charge is 0.317 e. The minimum atomic E-state index is -0.585. The van der Waals surface area contributed by atoms with Crippen LogP contribution < -0.4 is 0 Å². The van der Waals surface area contributed by atoms with Gasteiger partial charge in [-0.2, -0.15) is 0 Å². The number of rotatable bonds is 5. The minimum Gasteiger partial charge on any atom is -0.469 e. The van der Waals surface area contributed by atoms with Crippen molar-refractivity contribution in [3.8, 4) is 0 Å². The zero-order chi connectivity index (χ0) is 9.40. The average molecular weight is 172 g/mol. The van der Waals surface area contributed by atoms with E-state index in [9.17, 15) is 9.59 Å². The van der Waals surface area contributed by atoms with E-state index in [4.69, 9.17) is 0 Å². The number of hydrogen-bond acceptors (Lipinski definition) is 4. The highest BCUT2D eigenvalue weighted by molar-refractivity contribution is 5.91. The van der Waals surface area contributed by atoms with Crippen molar-refractivity contribution in [2.24, 2.45) is 0 Å². The van der Waals surface area contributed by atoms with Crippen molar-refractivity contribution in [2.75, 3.05) is 13.7 Å². The maximum absolute atomic E-state index is 10.7. The Labute approximate surface area is 71.2 Å². The van der Waals surface area contributed by atoms with Gasteiger partial charge in [0.1, 0.15) is 6.42 Å². The molecule has 0 unspecified atom stereocenters. The van der Waals surface area contributed by atoms with E-state index < -0.39 is 11.9 Å². The van der Waals surface area contributed by atoms with E-state index in [1.807, 2.05) is 0 Å². The standard InChI is InChI=1S/C8H12O4/c1-3-4-5-12-8(10)6-7(9)11-2/h3H,1,4-6H2,2H3. The number of ether oxygens (including phenoxy) is 2. The van der Waals surface area contributed by atoms with Crippen LogP contribution in [0, 0.1) is 0 Å². The lowest BCUT2D eigenvalue weighted by atomic mass is 10.4. The Bertz CT molecular complexity index is 174. The fraction of sp³-hybridized carbons (Fsp3) is 0.500. The average Bonchev–Trinajstić information content (AvgIpc) is 2.05. The van der Waals surface area contributed by atoms with Crippen molar-refractivity contribution >= 4 is 11.9 Å². The molecule has 0 atom stereocenters. The summed E-state index contributed by atoms with van der Waals surface area (Å²) in [7, 11) is 1.22. The normalized spacial score (nSPS) is 8.75. The van der Waals surface area contributed by atoms with Crippen molar-refractivity contribution in [3.05, 3.63) is 12.7 Å². The molecule has 0 aromatic rings. The second-order valence-corrected chi connectivity index (χ2v) is 2.05. The van der Waals surface area contributed by atoms with Gasteiger partial charge in [-0.05, 0) is 6.42 Å². The molecular weight excluding hydrogens is 160 g/mol. The Morgan fingerprint density at radius 2 is 2.08 bits per heavy atom. The molecule has 0 heterocycles. The fourth-order valence-electron chi connectivity index (χ4n) is 0.497. The van der Waals surface area contributed by atoms with Gasteiger partial charge in [0.2, 0.25) is 0 Å². The predicted molar refractivity (Wildman–Crippen MR) is 42.4 cm³/mol. The Morgan fingerprint density at radius 3 is 2.58 bits per heavy atom. The third kappa shape index (κ3) is 5.46. The summed E-state index contributed by atoms with van der Waals surface area (Å²) < 4.78 is 8.91. The Kier molecular flexibility index (Phi) is 5.69. The molecule has 0 radical (unpaired) electrons. The van der Waals surface area contributed by atoms with Gasteiger partial charge in [0.05, 0.1) is 13.7 Å². The molecule has 4 nitrogen and oxygen atoms in total. The molecule has 0 aliphatic carbocycles. The van der Waals surface area contributed by atoms with Crippen molar-refractivity contribution in [3.63, 3.8) is 0 Å². The Morgan fingerprint density at radius 1 is 1.42 bits per heavy atom. The number of hydrogen-bond donors (Lipinski definition) is 0. The highest BCUT2D eigenvalue weighted by atomic mass is 16.5. The first-order valence-electron chi connectivity index (χ1n) is 3.54. The van der Waals surface area contributed by atoms with E-state index in [1.165, 1.54) is 7.11 Å². The summed E-state index contributed by atoms with van der Waals surface area (Å²) >= 11 is 0. The zero-order valence-corrected chi connectivity index (χ0v) is 7.04. The maximum Gasteiger partial charge on any atom is 0.317 e. The van der Waals surface area contributed by atoms with Crippen LogP contribution in [-0.4, -0.2) is 25.7 Å². The third-order valence-corrected chi connectivity index (χ3v) is 1.10. The molecule has 68 valence electrons. The lowest BCUT2D eigenvalue weighted by Gasteiger charge is -2.00. The molecule has 0 aromatic carbocycles. The molecule has 0 spiro atoms. The number of methoxy groups -OCH3 is 1. The van der Waals surface area contributed by atoms with Crippen LogP contribution in [0.1, 0.15) is 12.8 Å². The summed E-state index contributed by atoms with van der Waals surface area (Å²) in [5.41, 5.74) is 0. The van der Waals surface area contributed by atoms with Gasteiger partial charge in [-0.3, -0.25) is 9.59 Å². The minimum absolute atomic E-state index is 0.263. The lowest BCUT2D eigenvalue weighted by Crippen LogP contribution is -2.12. The van der Waals surface area contributed by atoms with Gasteiger partial charge in [-0.15, -0.1) is 6.58 Å². The van der Waals surface area contributed by atoms with Crippen molar-refractivity contribution in [2.45, 2.75) is 12.8 Å². The molecule has 4 heteroatoms. The molecular formula is C8H12O4. The summed E-state index contributed by atoms with van der Waals surface area (Å²) in [6.07, 6.45) is 1.89. The molecule has 0 saturated carbocycles. The Balaban J connectivity index is 3.46. The summed E-state index contributed by atoms with van der Waals surface area (Å²) in [6.45, 7) is 3.71. The van der Waals surface area contributed by atoms with E-state index in [0.717, 1.165) is 0 Å². The van der Waals surface area contributed by atoms with Crippen LogP contribution in [0.3, 0.4) is 0 Å². The predicted octanol–water partition coefficient (Wildman–Crippen LogP) is 0.669. The second-order valence-electron chi connectivity index (χ2n) is 2.05. The van der Waals surface area contributed by atoms with Crippen LogP contribution in [0.15, 0.2) is 12.7 Å². The quantitative estimate of drug-likeness (QED) is 0.265. The summed E-state index contributed by atoms with van der Waals surface area (Å²) in [5.74, 6) is -1.15. The molecule has 0 bridgehead atoms. The fourth-order valence-corrected chi connectivity index (χ4v) is 0.497. The molecule has 0 amide bonds. The molecule has 0 N–H and O–H groups in total. The monoisotopic (exact) mass is 172 g/mol. The molecule has 0 aliphatic rings. The van der Waals surface area contributed by atoms with Gasteiger partial charge >= 0.3 is 11.9 Å². The molecule has 0 saturated heterocycles. The van der Waals surface area contributed by atoms with Crippen LogP contribution in [0.4, 0.5) is 0 Å². The van der Waals surface area contributed by atoms with E-state index in [2.05, 4.69) is 16.1 Å². The van der Waals surface area contributed by atoms with E-state index >= 15 is 0 Å². The van der Waals surface area contributed by atoms with E-state index in [-0.39, 0.29) is 13.0 Å². The van der Waals surface area contributed by atoms with Gasteiger partial charge in [0.15, 0.2) is 0 Å². The molecule has 0 aliphatic heterocycles. The maximum atomic E-state index is 10.7. The van der Waals surface area contributed by atoms with E-state index in [0.29, 0.717) is 6.42 Å². The van der Waals surface area contributed by atoms with Crippen LogP contribution in [-0.2, 0) is 19.1 Å². The highest BCUT2D eigenvalue weighted by Crippen LogP contribution is 1.91. The van der Waals surface area contributed by atoms with Crippen molar-refractivity contribution < 1.29 is 19.1 Å². The van der Waals surface area contributed by atoms with Gasteiger partial charge in [0.25, 0.3) is 0 Å². The zero-order valence-electron chi connectivity index (χ0n) is 7.04. The molecule has 0 rings (SSSR count). The topological polar surface area (TPSA) is 52.6 Å². The van der Waals surface area contributed by atoms with Crippen LogP contribution >= 0.6 is 0 Å². The molecule has 0 fully saturated rings. The van der Waals surface area contributed by atoms with Crippen molar-refractivity contribution in [1.82, 2.24) is 0 Å². The van der Waals surface area contributed by atoms with Crippen molar-refractivity contribution in [1.29, 1.82) is 0 Å². The van der Waals surface area contributed by atoms with Gasteiger partial charge in [-0.25, -0.2) is 0 Å². The summed E-state index contributed by atoms with van der Waals surface area (Å²) in [5, 5.41) is 0. The Hall–Kier alpha value is -1.32. The SMILES string of the molecule is C=CCCOC(=O)CC(=O)OC. The first kappa shape index (κ1) is 10.7. The first-order chi connectivity index (χ1) is 5.70. The van der Waals surface area contributed by atoms with Gasteiger partial charge in [0, 0.05) is 0 Å². The van der Waals surface area contributed by atoms with Gasteiger partial charge in [-0.1, -0.05) is 6.08 Å². The largest absolute Gasteiger partial charge is 0.469 e. The van der Waals surface area contributed by atoms with E-state index in [1.54, 1.807) is 6.08 Å². The molecule has 0 aromatic heterocycles. The van der Waals surface area contributed by atoms with Crippen LogP contribution in [0.25, 0.3) is 0 Å². The number of carbonyl (C=O) groups excluding carboxylic acids is 2. The van der Waals surface area contributed by atoms with Gasteiger partial charge < -0.3 is 9.47 Å². The number of esters is 2. The second kappa shape index (κ2) is 6.39. The lowest BCUT2D eigenvalue weighted by molar-refractivity contribution is -0.152. The first-order valence-corrected chi connectivity index (χ1v) is 3.54. The summed E-state index contributed by atoms with van der Waals surface area (Å²) in [4.78, 5) is 21.2. The highest BCUT2D eigenvalue weighted by Gasteiger charge is 2.09. The van der Waals surface area contributed by atoms with Crippen LogP contribution in [0.5, 0.6) is 0 Å².